The topological polar surface area (TPSA) is 61.8 Å². The van der Waals surface area contributed by atoms with Crippen LogP contribution in [0.5, 0.6) is 0 Å². The fourth-order valence-corrected chi connectivity index (χ4v) is 2.49. The molecule has 1 aliphatic heterocycles. The number of benzene rings is 1. The highest BCUT2D eigenvalue weighted by molar-refractivity contribution is 5.86. The Hall–Kier alpha value is -1.50. The molecule has 0 saturated carbocycles. The van der Waals surface area contributed by atoms with Gasteiger partial charge in [-0.1, -0.05) is 18.2 Å². The zero-order valence-electron chi connectivity index (χ0n) is 13.0. The molecule has 1 unspecified atom stereocenters. The van der Waals surface area contributed by atoms with Crippen LogP contribution in [-0.4, -0.2) is 53.8 Å². The summed E-state index contributed by atoms with van der Waals surface area (Å²) in [5.41, 5.74) is -0.183. The molecule has 122 valence electrons. The third-order valence-corrected chi connectivity index (χ3v) is 3.97. The summed E-state index contributed by atoms with van der Waals surface area (Å²) in [5, 5.41) is 12.9. The first kappa shape index (κ1) is 16.9. The third kappa shape index (κ3) is 4.03. The number of amides is 1. The van der Waals surface area contributed by atoms with Crippen molar-refractivity contribution in [3.8, 4) is 0 Å². The lowest BCUT2D eigenvalue weighted by atomic mass is 9.98. The highest BCUT2D eigenvalue weighted by atomic mass is 19.1. The van der Waals surface area contributed by atoms with Gasteiger partial charge >= 0.3 is 0 Å². The minimum atomic E-state index is -0.725. The maximum Gasteiger partial charge on any atom is 0.240 e. The first-order valence-electron chi connectivity index (χ1n) is 7.44. The van der Waals surface area contributed by atoms with Crippen molar-refractivity contribution in [1.29, 1.82) is 0 Å². The summed E-state index contributed by atoms with van der Waals surface area (Å²) in [6.45, 7) is 5.48. The number of nitrogens with one attached hydrogen (secondary N) is 1. The number of β-amino-alcohol motifs (C(OH)–C–C–N with tert-alkyl or cyclic N) is 1. The molecule has 0 spiro atoms. The van der Waals surface area contributed by atoms with Gasteiger partial charge in [-0.25, -0.2) is 4.39 Å². The van der Waals surface area contributed by atoms with Crippen LogP contribution in [-0.2, 0) is 16.1 Å². The van der Waals surface area contributed by atoms with Gasteiger partial charge in [0.15, 0.2) is 0 Å². The molecule has 22 heavy (non-hydrogen) atoms. The van der Waals surface area contributed by atoms with Gasteiger partial charge < -0.3 is 15.2 Å². The third-order valence-electron chi connectivity index (χ3n) is 3.97. The number of rotatable bonds is 6. The maximum absolute atomic E-state index is 13.4. The summed E-state index contributed by atoms with van der Waals surface area (Å²) in [6, 6.07) is 6.40. The molecule has 1 heterocycles. The zero-order chi connectivity index (χ0) is 16.2. The number of carbonyl (C=O) groups excluding carboxylic acids is 1. The van der Waals surface area contributed by atoms with Crippen LogP contribution in [0.3, 0.4) is 0 Å². The van der Waals surface area contributed by atoms with E-state index in [1.165, 1.54) is 6.07 Å². The number of hydrogen-bond acceptors (Lipinski definition) is 4. The van der Waals surface area contributed by atoms with Gasteiger partial charge in [0.25, 0.3) is 0 Å². The van der Waals surface area contributed by atoms with Gasteiger partial charge in [0.05, 0.1) is 24.9 Å². The molecule has 1 amide bonds. The second-order valence-electron chi connectivity index (χ2n) is 6.02. The molecule has 0 aliphatic carbocycles. The van der Waals surface area contributed by atoms with Gasteiger partial charge in [-0.3, -0.25) is 9.69 Å². The smallest absolute Gasteiger partial charge is 0.240 e. The molecule has 0 aromatic heterocycles. The molecule has 1 saturated heterocycles. The fourth-order valence-electron chi connectivity index (χ4n) is 2.49. The predicted molar refractivity (Wildman–Crippen MR) is 80.7 cm³/mol. The number of nitrogens with zero attached hydrogens (tertiary/aromatic N) is 1. The number of aliphatic hydroxyl groups excluding tert-OH is 1. The molecule has 2 rings (SSSR count). The number of aliphatic hydroxyl groups is 1. The Labute approximate surface area is 130 Å². The average molecular weight is 310 g/mol. The van der Waals surface area contributed by atoms with Gasteiger partial charge in [0, 0.05) is 25.2 Å². The van der Waals surface area contributed by atoms with Gasteiger partial charge in [0.2, 0.25) is 5.91 Å². The highest BCUT2D eigenvalue weighted by Crippen LogP contribution is 2.18. The Morgan fingerprint density at radius 2 is 2.18 bits per heavy atom. The normalized spacial score (nSPS) is 19.7. The van der Waals surface area contributed by atoms with Gasteiger partial charge in [-0.05, 0) is 19.9 Å². The molecule has 1 fully saturated rings. The van der Waals surface area contributed by atoms with E-state index >= 15 is 0 Å². The Kier molecular flexibility index (Phi) is 5.50. The molecule has 5 nitrogen and oxygen atoms in total. The predicted octanol–water partition coefficient (Wildman–Crippen LogP) is 0.914. The molecule has 1 atom stereocenters. The van der Waals surface area contributed by atoms with E-state index in [2.05, 4.69) is 5.32 Å². The lowest BCUT2D eigenvalue weighted by Crippen LogP contribution is -2.63. The van der Waals surface area contributed by atoms with Crippen LogP contribution in [0.4, 0.5) is 4.39 Å². The maximum atomic E-state index is 13.4. The largest absolute Gasteiger partial charge is 0.389 e. The Bertz CT molecular complexity index is 522. The lowest BCUT2D eigenvalue weighted by Gasteiger charge is -2.42. The number of carbonyl (C=O) groups is 1. The highest BCUT2D eigenvalue weighted by Gasteiger charge is 2.38. The second-order valence-corrected chi connectivity index (χ2v) is 6.02. The van der Waals surface area contributed by atoms with Crippen molar-refractivity contribution >= 4 is 5.91 Å². The van der Waals surface area contributed by atoms with Gasteiger partial charge in [-0.15, -0.1) is 0 Å². The summed E-state index contributed by atoms with van der Waals surface area (Å²) in [7, 11) is 0. The SMILES string of the molecule is CC1(C)C(=O)NCCN1CC(O)COCc1ccccc1F. The molecule has 1 aliphatic rings. The summed E-state index contributed by atoms with van der Waals surface area (Å²) in [4.78, 5) is 13.8. The van der Waals surface area contributed by atoms with Crippen LogP contribution in [0, 0.1) is 5.82 Å². The first-order valence-corrected chi connectivity index (χ1v) is 7.44. The molecular weight excluding hydrogens is 287 g/mol. The molecule has 1 aromatic rings. The van der Waals surface area contributed by atoms with Crippen molar-refractivity contribution in [3.05, 3.63) is 35.6 Å². The van der Waals surface area contributed by atoms with Crippen LogP contribution in [0.2, 0.25) is 0 Å². The van der Waals surface area contributed by atoms with Crippen molar-refractivity contribution in [1.82, 2.24) is 10.2 Å². The number of halogens is 1. The van der Waals surface area contributed by atoms with Crippen LogP contribution in [0.25, 0.3) is 0 Å². The molecular formula is C16H23FN2O3. The van der Waals surface area contributed by atoms with Crippen LogP contribution < -0.4 is 5.32 Å². The van der Waals surface area contributed by atoms with Crippen LogP contribution in [0.1, 0.15) is 19.4 Å². The lowest BCUT2D eigenvalue weighted by molar-refractivity contribution is -0.136. The molecule has 0 bridgehead atoms. The van der Waals surface area contributed by atoms with E-state index in [-0.39, 0.29) is 24.9 Å². The van der Waals surface area contributed by atoms with E-state index in [1.54, 1.807) is 18.2 Å². The van der Waals surface area contributed by atoms with Crippen molar-refractivity contribution in [3.63, 3.8) is 0 Å². The second kappa shape index (κ2) is 7.17. The van der Waals surface area contributed by atoms with Gasteiger partial charge in [0.1, 0.15) is 5.82 Å². The minimum Gasteiger partial charge on any atom is -0.389 e. The zero-order valence-corrected chi connectivity index (χ0v) is 13.0. The summed E-state index contributed by atoms with van der Waals surface area (Å²) < 4.78 is 18.8. The van der Waals surface area contributed by atoms with E-state index in [9.17, 15) is 14.3 Å². The monoisotopic (exact) mass is 310 g/mol. The molecule has 2 N–H and O–H groups in total. The van der Waals surface area contributed by atoms with E-state index in [0.29, 0.717) is 25.2 Å². The summed E-state index contributed by atoms with van der Waals surface area (Å²) >= 11 is 0. The van der Waals surface area contributed by atoms with E-state index in [0.717, 1.165) is 0 Å². The van der Waals surface area contributed by atoms with Crippen LogP contribution >= 0.6 is 0 Å². The van der Waals surface area contributed by atoms with Crippen molar-refractivity contribution in [2.24, 2.45) is 0 Å². The van der Waals surface area contributed by atoms with Crippen LogP contribution in [0.15, 0.2) is 24.3 Å². The van der Waals surface area contributed by atoms with E-state index in [4.69, 9.17) is 4.74 Å². The number of piperazine rings is 1. The summed E-state index contributed by atoms with van der Waals surface area (Å²) in [5.74, 6) is -0.357. The fraction of sp³-hybridized carbons (Fsp3) is 0.562. The average Bonchev–Trinajstić information content (AvgIpc) is 2.46. The van der Waals surface area contributed by atoms with Crippen molar-refractivity contribution in [2.45, 2.75) is 32.1 Å². The first-order chi connectivity index (χ1) is 10.4. The Morgan fingerprint density at radius 3 is 2.91 bits per heavy atom. The molecule has 6 heteroatoms. The Morgan fingerprint density at radius 1 is 1.45 bits per heavy atom. The molecule has 1 aromatic carbocycles. The number of hydrogen-bond donors (Lipinski definition) is 2. The summed E-state index contributed by atoms with van der Waals surface area (Å²) in [6.07, 6.45) is -0.725. The van der Waals surface area contributed by atoms with Crippen molar-refractivity contribution in [2.75, 3.05) is 26.2 Å². The minimum absolute atomic E-state index is 0.0433. The molecule has 0 radical (unpaired) electrons. The van der Waals surface area contributed by atoms with Crippen molar-refractivity contribution < 1.29 is 19.0 Å². The standard InChI is InChI=1S/C16H23FN2O3/c1-16(2)15(21)18-7-8-19(16)9-13(20)11-22-10-12-5-3-4-6-14(12)17/h3-6,13,20H,7-11H2,1-2H3,(H,18,21). The van der Waals surface area contributed by atoms with E-state index < -0.39 is 11.6 Å². The van der Waals surface area contributed by atoms with E-state index in [1.807, 2.05) is 18.7 Å². The Balaban J connectivity index is 1.79. The number of ether oxygens (including phenoxy) is 1. The van der Waals surface area contributed by atoms with Gasteiger partial charge in [-0.2, -0.15) is 0 Å². The quantitative estimate of drug-likeness (QED) is 0.820.